The van der Waals surface area contributed by atoms with Crippen LogP contribution in [0, 0.1) is 0 Å². The highest BCUT2D eigenvalue weighted by Gasteiger charge is 2.22. The summed E-state index contributed by atoms with van der Waals surface area (Å²) in [6, 6.07) is 190. The fourth-order valence-corrected chi connectivity index (χ4v) is 19.5. The standard InChI is InChI=1S/3C43H32N2/c1-44(43-40-19-9-6-13-34(40)30-35-14-7-10-20-41(35)43)36-26-22-31(23-27-36)32-24-28-38(29-25-32)45(37-16-3-2-4-17-37)42-21-11-15-33-12-5-8-18-39(33)42;1-44(43-30-34-13-6-7-17-38(34)40-19-9-10-20-41(40)43)35-26-22-31(23-27-35)32-24-28-37(29-25-32)45(36-15-3-2-4-16-36)42-21-11-14-33-12-5-8-18-39(33)42;1-44(41-27-22-36-28-34-11-5-6-12-35(34)29-37(36)30-41)38-23-18-31(19-24-38)32-20-25-40(26-21-32)45(39-14-3-2-4-15-39)43-17-9-13-33-10-7-8-16-42(33)43/h3*2-30H,1H3. The number of hydrogen-bond donors (Lipinski definition) is 0. The van der Waals surface area contributed by atoms with Gasteiger partial charge in [-0.2, -0.15) is 0 Å². The fourth-order valence-electron chi connectivity index (χ4n) is 19.5. The maximum absolute atomic E-state index is 2.35. The third kappa shape index (κ3) is 16.8. The minimum Gasteiger partial charge on any atom is -0.345 e. The molecule has 24 rings (SSSR count). The Balaban J connectivity index is 0.000000118. The van der Waals surface area contributed by atoms with E-state index in [2.05, 4.69) is 578 Å². The van der Waals surface area contributed by atoms with E-state index in [4.69, 9.17) is 0 Å². The number of hydrogen-bond acceptors (Lipinski definition) is 6. The van der Waals surface area contributed by atoms with Crippen molar-refractivity contribution in [3.63, 3.8) is 0 Å². The summed E-state index contributed by atoms with van der Waals surface area (Å²) in [5.74, 6) is 0. The molecule has 0 radical (unpaired) electrons. The van der Waals surface area contributed by atoms with Gasteiger partial charge in [0.2, 0.25) is 0 Å². The molecule has 24 aromatic carbocycles. The summed E-state index contributed by atoms with van der Waals surface area (Å²) < 4.78 is 0. The van der Waals surface area contributed by atoms with Crippen LogP contribution < -0.4 is 29.4 Å². The van der Waals surface area contributed by atoms with E-state index < -0.39 is 0 Å². The topological polar surface area (TPSA) is 19.4 Å². The molecule has 642 valence electrons. The van der Waals surface area contributed by atoms with Gasteiger partial charge < -0.3 is 29.4 Å². The van der Waals surface area contributed by atoms with Crippen LogP contribution in [0.5, 0.6) is 0 Å². The molecule has 6 nitrogen and oxygen atoms in total. The van der Waals surface area contributed by atoms with Gasteiger partial charge in [-0.15, -0.1) is 0 Å². The molecule has 0 aliphatic rings. The van der Waals surface area contributed by atoms with E-state index >= 15 is 0 Å². The van der Waals surface area contributed by atoms with Gasteiger partial charge in [-0.3, -0.25) is 0 Å². The first-order valence-corrected chi connectivity index (χ1v) is 46.3. The van der Waals surface area contributed by atoms with Crippen molar-refractivity contribution in [3.05, 3.63) is 528 Å². The zero-order valence-corrected chi connectivity index (χ0v) is 75.4. The molecule has 0 aromatic heterocycles. The molecule has 135 heavy (non-hydrogen) atoms. The van der Waals surface area contributed by atoms with Crippen molar-refractivity contribution in [1.29, 1.82) is 0 Å². The lowest BCUT2D eigenvalue weighted by Gasteiger charge is -2.27. The lowest BCUT2D eigenvalue weighted by molar-refractivity contribution is 1.21. The van der Waals surface area contributed by atoms with E-state index in [9.17, 15) is 0 Å². The molecule has 0 saturated carbocycles. The number of fused-ring (bicyclic) bond motifs is 10. The van der Waals surface area contributed by atoms with Crippen LogP contribution in [0.15, 0.2) is 528 Å². The molecule has 0 fully saturated rings. The van der Waals surface area contributed by atoms with Crippen LogP contribution in [0.4, 0.5) is 85.3 Å². The zero-order chi connectivity index (χ0) is 90.5. The summed E-state index contributed by atoms with van der Waals surface area (Å²) in [6.07, 6.45) is 0. The minimum atomic E-state index is 1.13. The van der Waals surface area contributed by atoms with Crippen molar-refractivity contribution in [2.45, 2.75) is 0 Å². The van der Waals surface area contributed by atoms with Crippen LogP contribution in [0.1, 0.15) is 0 Å². The molecule has 0 saturated heterocycles. The summed E-state index contributed by atoms with van der Waals surface area (Å²) in [5.41, 5.74) is 24.5. The first kappa shape index (κ1) is 83.1. The van der Waals surface area contributed by atoms with Crippen molar-refractivity contribution in [1.82, 2.24) is 0 Å². The van der Waals surface area contributed by atoms with E-state index in [1.807, 2.05) is 0 Å². The average Bonchev–Trinajstić information content (AvgIpc) is 0.760. The van der Waals surface area contributed by atoms with Crippen molar-refractivity contribution in [2.24, 2.45) is 0 Å². The molecule has 0 amide bonds. The van der Waals surface area contributed by atoms with E-state index in [1.165, 1.54) is 164 Å². The normalized spacial score (nSPS) is 11.2. The van der Waals surface area contributed by atoms with Gasteiger partial charge in [-0.05, 0) is 262 Å². The third-order valence-electron chi connectivity index (χ3n) is 26.5. The van der Waals surface area contributed by atoms with Gasteiger partial charge in [0.15, 0.2) is 0 Å². The number of para-hydroxylation sites is 3. The number of nitrogens with zero attached hydrogens (tertiary/aromatic N) is 6. The van der Waals surface area contributed by atoms with E-state index in [1.54, 1.807) is 0 Å². The second-order valence-corrected chi connectivity index (χ2v) is 34.5. The molecule has 6 heteroatoms. The van der Waals surface area contributed by atoms with Crippen molar-refractivity contribution >= 4 is 182 Å². The SMILES string of the molecule is CN(c1ccc(-c2ccc(N(c3ccccc3)c3cccc4ccccc34)cc2)cc1)c1c2ccccc2cc2ccccc12.CN(c1ccc(-c2ccc(N(c3ccccc3)c3cccc4ccccc34)cc2)cc1)c1cc2ccccc2c2ccccc12.CN(c1ccc(-c2ccc(N(c3ccccc3)c3cccc4ccccc34)cc2)cc1)c1ccc2cc3ccccc3cc2c1. The van der Waals surface area contributed by atoms with Crippen molar-refractivity contribution < 1.29 is 0 Å². The summed E-state index contributed by atoms with van der Waals surface area (Å²) in [6.45, 7) is 0. The Bertz CT molecular complexity index is 8300. The zero-order valence-electron chi connectivity index (χ0n) is 75.4. The molecule has 0 bridgehead atoms. The average molecular weight is 1730 g/mol. The van der Waals surface area contributed by atoms with Crippen LogP contribution in [-0.4, -0.2) is 21.1 Å². The van der Waals surface area contributed by atoms with Gasteiger partial charge in [0.25, 0.3) is 0 Å². The van der Waals surface area contributed by atoms with Crippen molar-refractivity contribution in [2.75, 3.05) is 50.5 Å². The van der Waals surface area contributed by atoms with Gasteiger partial charge in [0.05, 0.1) is 22.7 Å². The second-order valence-electron chi connectivity index (χ2n) is 34.5. The van der Waals surface area contributed by atoms with Crippen molar-refractivity contribution in [3.8, 4) is 33.4 Å². The highest BCUT2D eigenvalue weighted by molar-refractivity contribution is 6.15. The quantitative estimate of drug-likeness (QED) is 0.0625. The lowest BCUT2D eigenvalue weighted by atomic mass is 9.99. The number of anilines is 15. The minimum absolute atomic E-state index is 1.13. The van der Waals surface area contributed by atoms with E-state index in [0.29, 0.717) is 0 Å². The summed E-state index contributed by atoms with van der Waals surface area (Å²) in [4.78, 5) is 13.9. The Morgan fingerprint density at radius 2 is 0.363 bits per heavy atom. The Hall–Kier alpha value is -17.6. The predicted molar refractivity (Wildman–Crippen MR) is 581 cm³/mol. The summed E-state index contributed by atoms with van der Waals surface area (Å²) in [7, 11) is 6.47. The van der Waals surface area contributed by atoms with Gasteiger partial charge >= 0.3 is 0 Å². The Morgan fingerprint density at radius 1 is 0.119 bits per heavy atom. The smallest absolute Gasteiger partial charge is 0.0567 e. The Morgan fingerprint density at radius 3 is 0.741 bits per heavy atom. The van der Waals surface area contributed by atoms with Crippen LogP contribution in [0.25, 0.3) is 130 Å². The second kappa shape index (κ2) is 37.1. The first-order chi connectivity index (χ1) is 66.7. The molecule has 0 unspecified atom stereocenters. The molecule has 24 aromatic rings. The van der Waals surface area contributed by atoms with E-state index in [-0.39, 0.29) is 0 Å². The van der Waals surface area contributed by atoms with Crippen LogP contribution in [0.3, 0.4) is 0 Å². The Labute approximate surface area is 788 Å². The van der Waals surface area contributed by atoms with Crippen LogP contribution in [-0.2, 0) is 0 Å². The van der Waals surface area contributed by atoms with Crippen LogP contribution >= 0.6 is 0 Å². The van der Waals surface area contributed by atoms with E-state index in [0.717, 1.165) is 51.2 Å². The lowest BCUT2D eigenvalue weighted by Crippen LogP contribution is -2.10. The maximum atomic E-state index is 2.35. The predicted octanol–water partition coefficient (Wildman–Crippen LogP) is 36.2. The molecule has 0 aliphatic carbocycles. The molecule has 0 atom stereocenters. The van der Waals surface area contributed by atoms with Gasteiger partial charge in [0.1, 0.15) is 0 Å². The molecular formula is C129H96N6. The number of rotatable bonds is 18. The van der Waals surface area contributed by atoms with Gasteiger partial charge in [0, 0.05) is 116 Å². The Kier molecular flexibility index (Phi) is 22.8. The fraction of sp³-hybridized carbons (Fsp3) is 0.0233. The highest BCUT2D eigenvalue weighted by atomic mass is 15.2. The third-order valence-corrected chi connectivity index (χ3v) is 26.5. The largest absolute Gasteiger partial charge is 0.345 e. The van der Waals surface area contributed by atoms with Gasteiger partial charge in [-0.1, -0.05) is 364 Å². The molecule has 0 spiro atoms. The maximum Gasteiger partial charge on any atom is 0.0567 e. The molecule has 0 N–H and O–H groups in total. The van der Waals surface area contributed by atoms with Gasteiger partial charge in [-0.25, -0.2) is 0 Å². The molecule has 0 aliphatic heterocycles. The molecular weight excluding hydrogens is 1630 g/mol. The summed E-state index contributed by atoms with van der Waals surface area (Å²) >= 11 is 0. The monoisotopic (exact) mass is 1730 g/mol. The molecule has 0 heterocycles. The highest BCUT2D eigenvalue weighted by Crippen LogP contribution is 2.47. The number of benzene rings is 24. The van der Waals surface area contributed by atoms with Crippen LogP contribution in [0.2, 0.25) is 0 Å². The first-order valence-electron chi connectivity index (χ1n) is 46.3. The summed E-state index contributed by atoms with van der Waals surface area (Å²) in [5, 5.41) is 22.5.